The van der Waals surface area contributed by atoms with E-state index in [1.54, 1.807) is 36.1 Å². The van der Waals surface area contributed by atoms with E-state index >= 15 is 0 Å². The molecule has 0 atom stereocenters. The number of nitrogens with two attached hydrogens (primary N) is 1. The first-order chi connectivity index (χ1) is 9.49. The van der Waals surface area contributed by atoms with Crippen molar-refractivity contribution in [3.63, 3.8) is 0 Å². The Morgan fingerprint density at radius 1 is 1.20 bits per heavy atom. The van der Waals surface area contributed by atoms with Crippen molar-refractivity contribution >= 4 is 16.9 Å². The number of fused-ring (bicyclic) bond motifs is 1. The van der Waals surface area contributed by atoms with Gasteiger partial charge in [-0.2, -0.15) is 0 Å². The molecule has 3 N–H and O–H groups in total. The molecule has 8 nitrogen and oxygen atoms in total. The van der Waals surface area contributed by atoms with Gasteiger partial charge in [-0.25, -0.2) is 14.3 Å². The number of aromatic nitrogens is 5. The zero-order valence-electron chi connectivity index (χ0n) is 11.0. The fraction of sp³-hybridized carbons (Fsp3) is 0.167. The van der Waals surface area contributed by atoms with E-state index in [4.69, 9.17) is 5.73 Å². The Morgan fingerprint density at radius 2 is 1.85 bits per heavy atom. The molecule has 0 unspecified atom stereocenters. The van der Waals surface area contributed by atoms with E-state index in [0.717, 1.165) is 4.57 Å². The Labute approximate surface area is 112 Å². The zero-order chi connectivity index (χ0) is 14.4. The third-order valence-corrected chi connectivity index (χ3v) is 3.18. The summed E-state index contributed by atoms with van der Waals surface area (Å²) in [5.74, 6) is 0.443. The van der Waals surface area contributed by atoms with Gasteiger partial charge in [0.1, 0.15) is 0 Å². The van der Waals surface area contributed by atoms with E-state index in [2.05, 4.69) is 9.97 Å². The second-order valence-electron chi connectivity index (χ2n) is 4.50. The van der Waals surface area contributed by atoms with Gasteiger partial charge in [-0.15, -0.1) is 0 Å². The molecule has 0 fully saturated rings. The summed E-state index contributed by atoms with van der Waals surface area (Å²) in [6.45, 7) is 0. The molecule has 0 aliphatic carbocycles. The summed E-state index contributed by atoms with van der Waals surface area (Å²) in [4.78, 5) is 31.1. The number of nitrogen functional groups attached to an aromatic ring is 1. The molecule has 8 heteroatoms. The molecule has 0 bridgehead atoms. The molecule has 0 aromatic carbocycles. The molecule has 0 amide bonds. The number of rotatable bonds is 1. The number of aryl methyl sites for hydroxylation is 1. The Balaban J connectivity index is 2.34. The topological polar surface area (TPSA) is 103 Å². The van der Waals surface area contributed by atoms with Crippen LogP contribution in [0, 0.1) is 0 Å². The molecule has 3 aromatic rings. The Hall–Kier alpha value is -2.90. The summed E-state index contributed by atoms with van der Waals surface area (Å²) in [6, 6.07) is 3.43. The monoisotopic (exact) mass is 273 g/mol. The molecule has 0 radical (unpaired) electrons. The first-order valence-electron chi connectivity index (χ1n) is 5.92. The van der Waals surface area contributed by atoms with Gasteiger partial charge in [-0.1, -0.05) is 0 Å². The van der Waals surface area contributed by atoms with Crippen molar-refractivity contribution in [3.8, 4) is 5.95 Å². The van der Waals surface area contributed by atoms with Gasteiger partial charge in [0, 0.05) is 19.8 Å². The molecule has 102 valence electrons. The summed E-state index contributed by atoms with van der Waals surface area (Å²) >= 11 is 0. The number of hydrogen-bond acceptors (Lipinski definition) is 4. The maximum Gasteiger partial charge on any atom is 0.403 e. The van der Waals surface area contributed by atoms with Gasteiger partial charge in [0.15, 0.2) is 0 Å². The highest BCUT2D eigenvalue weighted by Crippen LogP contribution is 2.04. The van der Waals surface area contributed by atoms with E-state index in [0.29, 0.717) is 17.3 Å². The maximum atomic E-state index is 12.0. The largest absolute Gasteiger partial charge is 0.403 e. The van der Waals surface area contributed by atoms with Crippen molar-refractivity contribution in [3.05, 3.63) is 45.4 Å². The number of aromatic amines is 1. The molecule has 0 aliphatic rings. The molecule has 20 heavy (non-hydrogen) atoms. The van der Waals surface area contributed by atoms with Crippen LogP contribution in [0.25, 0.3) is 17.1 Å². The van der Waals surface area contributed by atoms with Gasteiger partial charge in [0.25, 0.3) is 11.2 Å². The van der Waals surface area contributed by atoms with Crippen LogP contribution in [-0.2, 0) is 14.1 Å². The molecule has 3 rings (SSSR count). The van der Waals surface area contributed by atoms with E-state index < -0.39 is 11.2 Å². The Bertz CT molecular complexity index is 916. The number of hydrogen-bond donors (Lipinski definition) is 2. The standard InChI is InChI=1S/C12H12N6O2/c1-16-9-8(10(19)17(2)12(16)20)14-11(15-9)18-5-3-7(13)4-6-18/h3-6,13H,1-2H3,(H,14,15,19)/p+1. The lowest BCUT2D eigenvalue weighted by atomic mass is 10.4. The minimum atomic E-state index is -0.414. The SMILES string of the molecule is Cn1c(=O)c2[nH]c(-[n+]3ccc(N)cc3)nc2n(C)c1=O. The zero-order valence-corrected chi connectivity index (χ0v) is 11.0. The van der Waals surface area contributed by atoms with Crippen molar-refractivity contribution in [2.45, 2.75) is 0 Å². The number of H-pyrrole nitrogens is 1. The lowest BCUT2D eigenvalue weighted by Gasteiger charge is -1.98. The lowest BCUT2D eigenvalue weighted by molar-refractivity contribution is -0.602. The van der Waals surface area contributed by atoms with Crippen LogP contribution >= 0.6 is 0 Å². The highest BCUT2D eigenvalue weighted by molar-refractivity contribution is 5.70. The summed E-state index contributed by atoms with van der Waals surface area (Å²) in [5.41, 5.74) is 6.04. The lowest BCUT2D eigenvalue weighted by Crippen LogP contribution is -2.36. The van der Waals surface area contributed by atoms with Crippen LogP contribution in [0.1, 0.15) is 0 Å². The van der Waals surface area contributed by atoms with E-state index in [1.165, 1.54) is 11.6 Å². The first kappa shape index (κ1) is 12.2. The van der Waals surface area contributed by atoms with Crippen molar-refractivity contribution < 1.29 is 4.57 Å². The second kappa shape index (κ2) is 4.05. The third-order valence-electron chi connectivity index (χ3n) is 3.18. The number of nitrogens with one attached hydrogen (secondary N) is 1. The molecule has 0 spiro atoms. The Kier molecular flexibility index (Phi) is 2.46. The van der Waals surface area contributed by atoms with Crippen LogP contribution in [0.2, 0.25) is 0 Å². The van der Waals surface area contributed by atoms with Crippen LogP contribution in [-0.4, -0.2) is 19.1 Å². The fourth-order valence-electron chi connectivity index (χ4n) is 2.02. The van der Waals surface area contributed by atoms with E-state index in [1.807, 2.05) is 0 Å². The van der Waals surface area contributed by atoms with Crippen molar-refractivity contribution in [2.24, 2.45) is 14.1 Å². The second-order valence-corrected chi connectivity index (χ2v) is 4.50. The number of pyridine rings is 1. The predicted octanol–water partition coefficient (Wildman–Crippen LogP) is -1.18. The normalized spacial score (nSPS) is 11.1. The summed E-state index contributed by atoms with van der Waals surface area (Å²) in [5, 5.41) is 0. The molecule has 0 saturated carbocycles. The van der Waals surface area contributed by atoms with Gasteiger partial charge in [-0.3, -0.25) is 13.9 Å². The molecule has 3 heterocycles. The summed E-state index contributed by atoms with van der Waals surface area (Å²) in [7, 11) is 3.00. The smallest absolute Gasteiger partial charge is 0.399 e. The fourth-order valence-corrected chi connectivity index (χ4v) is 2.02. The number of anilines is 1. The molecule has 3 aromatic heterocycles. The Morgan fingerprint density at radius 3 is 2.50 bits per heavy atom. The van der Waals surface area contributed by atoms with Crippen molar-refractivity contribution in [2.75, 3.05) is 5.73 Å². The minimum absolute atomic E-state index is 0.286. The average molecular weight is 273 g/mol. The number of imidazole rings is 1. The average Bonchev–Trinajstić information content (AvgIpc) is 2.89. The van der Waals surface area contributed by atoms with Crippen molar-refractivity contribution in [1.82, 2.24) is 19.1 Å². The van der Waals surface area contributed by atoms with Crippen molar-refractivity contribution in [1.29, 1.82) is 0 Å². The number of nitrogens with zero attached hydrogens (tertiary/aromatic N) is 4. The summed E-state index contributed by atoms with van der Waals surface area (Å²) < 4.78 is 4.05. The molecule has 0 saturated heterocycles. The van der Waals surface area contributed by atoms with Gasteiger partial charge in [0.2, 0.25) is 5.52 Å². The van der Waals surface area contributed by atoms with Gasteiger partial charge in [-0.05, 0) is 17.1 Å². The third kappa shape index (κ3) is 1.62. The highest BCUT2D eigenvalue weighted by Gasteiger charge is 2.20. The molecule has 0 aliphatic heterocycles. The molecular weight excluding hydrogens is 260 g/mol. The van der Waals surface area contributed by atoms with Crippen LogP contribution in [0.3, 0.4) is 0 Å². The predicted molar refractivity (Wildman–Crippen MR) is 72.5 cm³/mol. The van der Waals surface area contributed by atoms with E-state index in [9.17, 15) is 9.59 Å². The molecular formula is C12H13N6O2+. The van der Waals surface area contributed by atoms with Crippen LogP contribution in [0.4, 0.5) is 5.69 Å². The van der Waals surface area contributed by atoms with Gasteiger partial charge < -0.3 is 5.73 Å². The summed E-state index contributed by atoms with van der Waals surface area (Å²) in [6.07, 6.45) is 3.44. The quantitative estimate of drug-likeness (QED) is 0.545. The highest BCUT2D eigenvalue weighted by atomic mass is 16.2. The van der Waals surface area contributed by atoms with Crippen LogP contribution in [0.5, 0.6) is 0 Å². The van der Waals surface area contributed by atoms with E-state index in [-0.39, 0.29) is 5.52 Å². The minimum Gasteiger partial charge on any atom is -0.399 e. The maximum absolute atomic E-state index is 12.0. The van der Waals surface area contributed by atoms with Crippen LogP contribution in [0.15, 0.2) is 34.1 Å². The van der Waals surface area contributed by atoms with Gasteiger partial charge in [0.05, 0.1) is 12.4 Å². The van der Waals surface area contributed by atoms with Crippen LogP contribution < -0.4 is 21.5 Å². The first-order valence-corrected chi connectivity index (χ1v) is 5.92. The van der Waals surface area contributed by atoms with Gasteiger partial charge >= 0.3 is 11.6 Å².